The van der Waals surface area contributed by atoms with E-state index >= 15 is 0 Å². The Labute approximate surface area is 163 Å². The second-order valence-corrected chi connectivity index (χ2v) is 7.67. The molecular weight excluding hydrogens is 439 g/mol. The van der Waals surface area contributed by atoms with E-state index in [4.69, 9.17) is 15.3 Å². The van der Waals surface area contributed by atoms with Crippen molar-refractivity contribution in [1.82, 2.24) is 0 Å². The SMILES string of the molecule is CC(C)(C)C(=O)O.CC(C)(C)C(=O)O.CC(C)(C)C(=O)O.[Dy]. The Morgan fingerprint density at radius 2 is 0.545 bits per heavy atom. The molecule has 0 atom stereocenters. The maximum absolute atomic E-state index is 10.0. The summed E-state index contributed by atoms with van der Waals surface area (Å²) < 4.78 is 0. The van der Waals surface area contributed by atoms with Gasteiger partial charge in [-0.3, -0.25) is 14.4 Å². The summed E-state index contributed by atoms with van der Waals surface area (Å²) in [5, 5.41) is 24.8. The topological polar surface area (TPSA) is 112 Å². The average molecular weight is 469 g/mol. The van der Waals surface area contributed by atoms with E-state index in [0.29, 0.717) is 0 Å². The fourth-order valence-corrected chi connectivity index (χ4v) is 0. The van der Waals surface area contributed by atoms with Gasteiger partial charge in [-0.1, -0.05) is 0 Å². The predicted octanol–water partition coefficient (Wildman–Crippen LogP) is 3.35. The zero-order valence-corrected chi connectivity index (χ0v) is 16.9. The van der Waals surface area contributed by atoms with Gasteiger partial charge in [-0.2, -0.15) is 0 Å². The van der Waals surface area contributed by atoms with Crippen LogP contribution in [0.2, 0.25) is 0 Å². The van der Waals surface area contributed by atoms with Crippen LogP contribution in [0.4, 0.5) is 0 Å². The van der Waals surface area contributed by atoms with Crippen LogP contribution in [0.1, 0.15) is 62.3 Å². The first-order valence-corrected chi connectivity index (χ1v) is 6.53. The summed E-state index contributed by atoms with van der Waals surface area (Å²) in [6, 6.07) is 0. The van der Waals surface area contributed by atoms with Crippen molar-refractivity contribution in [2.75, 3.05) is 0 Å². The molecule has 0 saturated carbocycles. The maximum Gasteiger partial charge on any atom is 0.308 e. The molecule has 6 nitrogen and oxygen atoms in total. The van der Waals surface area contributed by atoms with Crippen molar-refractivity contribution in [1.29, 1.82) is 0 Å². The number of hydrogen-bond acceptors (Lipinski definition) is 3. The summed E-state index contributed by atoms with van der Waals surface area (Å²) >= 11 is 0. The van der Waals surface area contributed by atoms with Crippen LogP contribution in [0.15, 0.2) is 0 Å². The summed E-state index contributed by atoms with van der Waals surface area (Å²) in [6.45, 7) is 15.0. The van der Waals surface area contributed by atoms with Gasteiger partial charge in [0.2, 0.25) is 0 Å². The second-order valence-electron chi connectivity index (χ2n) is 7.67. The fraction of sp³-hybridized carbons (Fsp3) is 0.800. The normalized spacial score (nSPS) is 10.8. The van der Waals surface area contributed by atoms with Gasteiger partial charge >= 0.3 is 17.9 Å². The minimum atomic E-state index is -0.757. The maximum atomic E-state index is 10.0. The molecule has 0 radical (unpaired) electrons. The van der Waals surface area contributed by atoms with Gasteiger partial charge in [-0.05, 0) is 62.3 Å². The molecule has 0 heterocycles. The molecule has 0 aromatic rings. The van der Waals surface area contributed by atoms with E-state index in [2.05, 4.69) is 0 Å². The third kappa shape index (κ3) is 22.0. The Bertz CT molecular complexity index is 299. The molecule has 0 spiro atoms. The molecule has 0 aliphatic heterocycles. The van der Waals surface area contributed by atoms with Crippen LogP contribution in [-0.2, 0) is 14.4 Å². The fourth-order valence-electron chi connectivity index (χ4n) is 0. The third-order valence-electron chi connectivity index (χ3n) is 1.92. The molecule has 0 aliphatic carbocycles. The number of carboxylic acids is 3. The minimum Gasteiger partial charge on any atom is -0.481 e. The molecule has 0 rings (SSSR count). The molecule has 3 N–H and O–H groups in total. The zero-order chi connectivity index (χ0) is 18.2. The van der Waals surface area contributed by atoms with Crippen molar-refractivity contribution >= 4 is 17.9 Å². The van der Waals surface area contributed by atoms with Crippen LogP contribution in [0.3, 0.4) is 0 Å². The average Bonchev–Trinajstić information content (AvgIpc) is 2.14. The number of carboxylic acid groups (broad SMARTS) is 3. The Hall–Kier alpha value is -0.317. The molecule has 0 aliphatic rings. The molecule has 0 amide bonds. The van der Waals surface area contributed by atoms with Gasteiger partial charge in [-0.25, -0.2) is 0 Å². The quantitative estimate of drug-likeness (QED) is 0.502. The summed E-state index contributed by atoms with van der Waals surface area (Å²) in [6.07, 6.45) is 0. The van der Waals surface area contributed by atoms with E-state index in [1.165, 1.54) is 0 Å². The Morgan fingerprint density at radius 3 is 0.545 bits per heavy atom. The van der Waals surface area contributed by atoms with Crippen LogP contribution in [0.25, 0.3) is 0 Å². The van der Waals surface area contributed by atoms with E-state index in [-0.39, 0.29) is 38.2 Å². The first-order valence-electron chi connectivity index (χ1n) is 6.53. The van der Waals surface area contributed by atoms with Crippen molar-refractivity contribution in [2.45, 2.75) is 62.3 Å². The molecule has 0 aromatic heterocycles. The van der Waals surface area contributed by atoms with Gasteiger partial charge in [0.05, 0.1) is 16.2 Å². The third-order valence-corrected chi connectivity index (χ3v) is 1.92. The van der Waals surface area contributed by atoms with E-state index in [1.54, 1.807) is 62.3 Å². The zero-order valence-electron chi connectivity index (χ0n) is 14.9. The van der Waals surface area contributed by atoms with Crippen LogP contribution in [0.5, 0.6) is 0 Å². The van der Waals surface area contributed by atoms with E-state index in [9.17, 15) is 14.4 Å². The Kier molecular flexibility index (Phi) is 15.2. The summed E-state index contributed by atoms with van der Waals surface area (Å²) in [5.74, 6) is -2.27. The van der Waals surface area contributed by atoms with Crippen molar-refractivity contribution in [3.8, 4) is 0 Å². The van der Waals surface area contributed by atoms with E-state index in [1.807, 2.05) is 0 Å². The molecule has 0 fully saturated rings. The van der Waals surface area contributed by atoms with Gasteiger partial charge in [0.15, 0.2) is 0 Å². The van der Waals surface area contributed by atoms with Gasteiger partial charge < -0.3 is 15.3 Å². The van der Waals surface area contributed by atoms with Gasteiger partial charge in [0.1, 0.15) is 0 Å². The predicted molar refractivity (Wildman–Crippen MR) is 81.3 cm³/mol. The first kappa shape index (κ1) is 29.7. The van der Waals surface area contributed by atoms with E-state index < -0.39 is 34.2 Å². The first-order chi connectivity index (χ1) is 8.83. The number of aliphatic carboxylic acids is 3. The van der Waals surface area contributed by atoms with E-state index in [0.717, 1.165) is 0 Å². The molecule has 0 bridgehead atoms. The van der Waals surface area contributed by atoms with Crippen molar-refractivity contribution in [3.05, 3.63) is 0 Å². The molecule has 136 valence electrons. The standard InChI is InChI=1S/3C5H10O2.Dy/c3*1-5(2,3)4(6)7;/h3*1-3H3,(H,6,7);. The minimum absolute atomic E-state index is 0. The molecule has 0 unspecified atom stereocenters. The van der Waals surface area contributed by atoms with Crippen molar-refractivity contribution < 1.29 is 67.9 Å². The number of carbonyl (C=O) groups is 3. The molecule has 22 heavy (non-hydrogen) atoms. The van der Waals surface area contributed by atoms with Crippen LogP contribution in [0, 0.1) is 54.4 Å². The van der Waals surface area contributed by atoms with Crippen LogP contribution >= 0.6 is 0 Å². The summed E-state index contributed by atoms with van der Waals surface area (Å²) in [4.78, 5) is 30.1. The Morgan fingerprint density at radius 1 is 0.500 bits per heavy atom. The second kappa shape index (κ2) is 11.3. The number of rotatable bonds is 0. The van der Waals surface area contributed by atoms with Gasteiger partial charge in [0.25, 0.3) is 0 Å². The van der Waals surface area contributed by atoms with Crippen LogP contribution in [-0.4, -0.2) is 33.2 Å². The monoisotopic (exact) mass is 470 g/mol. The number of hydrogen-bond donors (Lipinski definition) is 3. The smallest absolute Gasteiger partial charge is 0.308 e. The van der Waals surface area contributed by atoms with Crippen LogP contribution < -0.4 is 0 Å². The summed E-state index contributed by atoms with van der Waals surface area (Å²) in [5.41, 5.74) is -1.75. The van der Waals surface area contributed by atoms with Crippen molar-refractivity contribution in [2.24, 2.45) is 16.2 Å². The molecule has 7 heteroatoms. The van der Waals surface area contributed by atoms with Gasteiger partial charge in [0, 0.05) is 38.2 Å². The summed E-state index contributed by atoms with van der Waals surface area (Å²) in [7, 11) is 0. The largest absolute Gasteiger partial charge is 0.481 e. The Balaban J connectivity index is -0.000000108. The molecule has 0 saturated heterocycles. The molecule has 0 aromatic carbocycles. The molecular formula is C15H30DyO6. The van der Waals surface area contributed by atoms with Gasteiger partial charge in [-0.15, -0.1) is 0 Å². The van der Waals surface area contributed by atoms with Crippen molar-refractivity contribution in [3.63, 3.8) is 0 Å².